The molecule has 0 aromatic rings. The van der Waals surface area contributed by atoms with Crippen LogP contribution >= 0.6 is 0 Å². The van der Waals surface area contributed by atoms with Gasteiger partial charge in [0.2, 0.25) is 0 Å². The second kappa shape index (κ2) is 6.75. The van der Waals surface area contributed by atoms with Gasteiger partial charge >= 0.3 is 0 Å². The van der Waals surface area contributed by atoms with Crippen molar-refractivity contribution in [1.29, 1.82) is 0 Å². The maximum Gasteiger partial charge on any atom is 0.00822 e. The molecule has 0 spiro atoms. The predicted octanol–water partition coefficient (Wildman–Crippen LogP) is 3.08. The van der Waals surface area contributed by atoms with Gasteiger partial charge < -0.3 is 10.6 Å². The van der Waals surface area contributed by atoms with Crippen LogP contribution in [0.25, 0.3) is 0 Å². The zero-order valence-electron chi connectivity index (χ0n) is 11.7. The first-order valence-electron chi connectivity index (χ1n) is 7.77. The van der Waals surface area contributed by atoms with E-state index in [9.17, 15) is 0 Å². The van der Waals surface area contributed by atoms with Gasteiger partial charge in [-0.1, -0.05) is 13.3 Å². The van der Waals surface area contributed by atoms with E-state index >= 15 is 0 Å². The quantitative estimate of drug-likeness (QED) is 0.769. The van der Waals surface area contributed by atoms with Crippen LogP contribution in [0.2, 0.25) is 0 Å². The largest absolute Gasteiger partial charge is 0.314 e. The fourth-order valence-electron chi connectivity index (χ4n) is 3.59. The summed E-state index contributed by atoms with van der Waals surface area (Å²) in [6.45, 7) is 5.94. The molecule has 100 valence electrons. The molecule has 2 fully saturated rings. The van der Waals surface area contributed by atoms with E-state index in [4.69, 9.17) is 0 Å². The summed E-state index contributed by atoms with van der Waals surface area (Å²) in [6, 6.07) is 2.27. The third kappa shape index (κ3) is 4.26. The molecule has 1 heterocycles. The van der Waals surface area contributed by atoms with E-state index in [1.165, 1.54) is 57.9 Å². The van der Waals surface area contributed by atoms with Gasteiger partial charge in [0.15, 0.2) is 0 Å². The highest BCUT2D eigenvalue weighted by molar-refractivity contribution is 4.83. The summed E-state index contributed by atoms with van der Waals surface area (Å²) >= 11 is 0. The van der Waals surface area contributed by atoms with E-state index in [0.717, 1.165) is 18.0 Å². The topological polar surface area (TPSA) is 24.1 Å². The second-order valence-electron chi connectivity index (χ2n) is 6.22. The minimum atomic E-state index is 0.689. The third-order valence-corrected chi connectivity index (χ3v) is 4.74. The molecule has 0 amide bonds. The summed E-state index contributed by atoms with van der Waals surface area (Å²) in [4.78, 5) is 0. The maximum absolute atomic E-state index is 3.85. The van der Waals surface area contributed by atoms with E-state index in [2.05, 4.69) is 24.5 Å². The van der Waals surface area contributed by atoms with Crippen molar-refractivity contribution in [3.05, 3.63) is 0 Å². The third-order valence-electron chi connectivity index (χ3n) is 4.74. The molecule has 2 rings (SSSR count). The van der Waals surface area contributed by atoms with Gasteiger partial charge in [0.05, 0.1) is 0 Å². The van der Waals surface area contributed by atoms with Crippen LogP contribution in [0.3, 0.4) is 0 Å². The molecule has 2 nitrogen and oxygen atoms in total. The van der Waals surface area contributed by atoms with Gasteiger partial charge in [-0.25, -0.2) is 0 Å². The van der Waals surface area contributed by atoms with Gasteiger partial charge in [0, 0.05) is 18.1 Å². The maximum atomic E-state index is 3.85. The summed E-state index contributed by atoms with van der Waals surface area (Å²) < 4.78 is 0. The van der Waals surface area contributed by atoms with Gasteiger partial charge in [0.1, 0.15) is 0 Å². The minimum absolute atomic E-state index is 0.689. The van der Waals surface area contributed by atoms with Crippen LogP contribution in [-0.4, -0.2) is 24.7 Å². The molecule has 0 aromatic heterocycles. The summed E-state index contributed by atoms with van der Waals surface area (Å²) in [5.74, 6) is 1.01. The van der Waals surface area contributed by atoms with Crippen LogP contribution in [0.4, 0.5) is 0 Å². The number of hydrogen-bond donors (Lipinski definition) is 2. The lowest BCUT2D eigenvalue weighted by Crippen LogP contribution is -2.41. The standard InChI is InChI=1S/C15H30N2/c1-3-13-6-8-14(9-7-13)17-12(2)11-15-5-4-10-16-15/h12-17H,3-11H2,1-2H3. The highest BCUT2D eigenvalue weighted by atomic mass is 15.0. The fourth-order valence-corrected chi connectivity index (χ4v) is 3.59. The van der Waals surface area contributed by atoms with Crippen molar-refractivity contribution in [2.75, 3.05) is 6.54 Å². The van der Waals surface area contributed by atoms with Crippen molar-refractivity contribution >= 4 is 0 Å². The van der Waals surface area contributed by atoms with E-state index < -0.39 is 0 Å². The highest BCUT2D eigenvalue weighted by Gasteiger charge is 2.22. The monoisotopic (exact) mass is 238 g/mol. The summed E-state index contributed by atoms with van der Waals surface area (Å²) in [5.41, 5.74) is 0. The summed E-state index contributed by atoms with van der Waals surface area (Å²) in [7, 11) is 0. The molecule has 2 heteroatoms. The first-order chi connectivity index (χ1) is 8.28. The van der Waals surface area contributed by atoms with Crippen LogP contribution in [-0.2, 0) is 0 Å². The number of nitrogens with one attached hydrogen (secondary N) is 2. The minimum Gasteiger partial charge on any atom is -0.314 e. The Labute approximate surface area is 107 Å². The molecule has 2 atom stereocenters. The SMILES string of the molecule is CCC1CCC(NC(C)CC2CCCN2)CC1. The molecule has 1 saturated heterocycles. The van der Waals surface area contributed by atoms with E-state index in [1.807, 2.05) is 0 Å². The van der Waals surface area contributed by atoms with Crippen molar-refractivity contribution in [3.63, 3.8) is 0 Å². The summed E-state index contributed by atoms with van der Waals surface area (Å²) in [5, 5.41) is 7.45. The summed E-state index contributed by atoms with van der Waals surface area (Å²) in [6.07, 6.45) is 11.2. The lowest BCUT2D eigenvalue weighted by Gasteiger charge is -2.31. The molecular weight excluding hydrogens is 208 g/mol. The lowest BCUT2D eigenvalue weighted by molar-refractivity contribution is 0.264. The molecular formula is C15H30N2. The number of hydrogen-bond acceptors (Lipinski definition) is 2. The zero-order chi connectivity index (χ0) is 12.1. The van der Waals surface area contributed by atoms with E-state index in [-0.39, 0.29) is 0 Å². The molecule has 0 radical (unpaired) electrons. The molecule has 2 aliphatic rings. The van der Waals surface area contributed by atoms with Crippen LogP contribution in [0.15, 0.2) is 0 Å². The van der Waals surface area contributed by atoms with E-state index in [0.29, 0.717) is 6.04 Å². The van der Waals surface area contributed by atoms with Gasteiger partial charge in [-0.05, 0) is 64.3 Å². The van der Waals surface area contributed by atoms with Gasteiger partial charge in [-0.2, -0.15) is 0 Å². The molecule has 1 saturated carbocycles. The molecule has 1 aliphatic carbocycles. The van der Waals surface area contributed by atoms with E-state index in [1.54, 1.807) is 0 Å². The number of rotatable bonds is 5. The Bertz CT molecular complexity index is 203. The Morgan fingerprint density at radius 2 is 1.94 bits per heavy atom. The molecule has 2 N–H and O–H groups in total. The van der Waals surface area contributed by atoms with Gasteiger partial charge in [-0.3, -0.25) is 0 Å². The van der Waals surface area contributed by atoms with Crippen LogP contribution in [0.1, 0.15) is 65.2 Å². The second-order valence-corrected chi connectivity index (χ2v) is 6.22. The van der Waals surface area contributed by atoms with Gasteiger partial charge in [0.25, 0.3) is 0 Å². The zero-order valence-corrected chi connectivity index (χ0v) is 11.7. The Kier molecular flexibility index (Phi) is 5.30. The van der Waals surface area contributed by atoms with Crippen LogP contribution in [0, 0.1) is 5.92 Å². The smallest absolute Gasteiger partial charge is 0.00822 e. The Morgan fingerprint density at radius 3 is 2.53 bits per heavy atom. The molecule has 2 unspecified atom stereocenters. The van der Waals surface area contributed by atoms with Crippen molar-refractivity contribution in [3.8, 4) is 0 Å². The van der Waals surface area contributed by atoms with Crippen molar-refractivity contribution in [1.82, 2.24) is 10.6 Å². The Morgan fingerprint density at radius 1 is 1.18 bits per heavy atom. The fraction of sp³-hybridized carbons (Fsp3) is 1.00. The molecule has 1 aliphatic heterocycles. The van der Waals surface area contributed by atoms with Crippen molar-refractivity contribution < 1.29 is 0 Å². The molecule has 17 heavy (non-hydrogen) atoms. The highest BCUT2D eigenvalue weighted by Crippen LogP contribution is 2.27. The van der Waals surface area contributed by atoms with Crippen LogP contribution < -0.4 is 10.6 Å². The average molecular weight is 238 g/mol. The van der Waals surface area contributed by atoms with Crippen molar-refractivity contribution in [2.45, 2.75) is 83.3 Å². The normalized spacial score (nSPS) is 36.0. The Hall–Kier alpha value is -0.0800. The molecule has 0 aromatic carbocycles. The average Bonchev–Trinajstić information content (AvgIpc) is 2.82. The first-order valence-corrected chi connectivity index (χ1v) is 7.77. The van der Waals surface area contributed by atoms with Crippen LogP contribution in [0.5, 0.6) is 0 Å². The first kappa shape index (κ1) is 13.4. The molecule has 0 bridgehead atoms. The van der Waals surface area contributed by atoms with Gasteiger partial charge in [-0.15, -0.1) is 0 Å². The Balaban J connectivity index is 1.63. The van der Waals surface area contributed by atoms with Crippen molar-refractivity contribution in [2.24, 2.45) is 5.92 Å². The lowest BCUT2D eigenvalue weighted by atomic mass is 9.84. The predicted molar refractivity (Wildman–Crippen MR) is 74.3 cm³/mol.